The molecule has 2 aromatic rings. The second-order valence-corrected chi connectivity index (χ2v) is 7.58. The molecular formula is C23H28FN3O3. The van der Waals surface area contributed by atoms with Gasteiger partial charge in [-0.3, -0.25) is 9.59 Å². The van der Waals surface area contributed by atoms with Crippen molar-refractivity contribution in [2.45, 2.75) is 38.3 Å². The fourth-order valence-electron chi connectivity index (χ4n) is 3.79. The molecule has 0 aromatic heterocycles. The zero-order valence-corrected chi connectivity index (χ0v) is 17.4. The van der Waals surface area contributed by atoms with Crippen LogP contribution in [0.2, 0.25) is 0 Å². The van der Waals surface area contributed by atoms with Crippen molar-refractivity contribution >= 4 is 17.5 Å². The third kappa shape index (κ3) is 5.95. The Morgan fingerprint density at radius 3 is 2.77 bits per heavy atom. The summed E-state index contributed by atoms with van der Waals surface area (Å²) >= 11 is 0. The number of amides is 2. The highest BCUT2D eigenvalue weighted by atomic mass is 19.1. The lowest BCUT2D eigenvalue weighted by atomic mass is 10.0. The van der Waals surface area contributed by atoms with E-state index >= 15 is 0 Å². The summed E-state index contributed by atoms with van der Waals surface area (Å²) in [5, 5.41) is 5.82. The summed E-state index contributed by atoms with van der Waals surface area (Å²) in [4.78, 5) is 26.7. The van der Waals surface area contributed by atoms with Crippen molar-refractivity contribution in [2.24, 2.45) is 0 Å². The highest BCUT2D eigenvalue weighted by molar-refractivity contribution is 5.87. The van der Waals surface area contributed by atoms with Gasteiger partial charge in [0.25, 0.3) is 0 Å². The number of carbonyl (C=O) groups is 2. The van der Waals surface area contributed by atoms with E-state index in [4.69, 9.17) is 4.74 Å². The molecule has 1 aliphatic heterocycles. The first-order chi connectivity index (χ1) is 14.4. The molecule has 0 saturated carbocycles. The van der Waals surface area contributed by atoms with Gasteiger partial charge >= 0.3 is 0 Å². The summed E-state index contributed by atoms with van der Waals surface area (Å²) in [6, 6.07) is 13.2. The average molecular weight is 413 g/mol. The SMILES string of the molecule is COc1cccc(CC(NC(C)=O)C(=O)NC2CCCN(c3cccc(F)c3)C2)c1. The number of rotatable bonds is 7. The first kappa shape index (κ1) is 21.6. The van der Waals surface area contributed by atoms with Crippen LogP contribution in [0.5, 0.6) is 5.75 Å². The molecule has 0 spiro atoms. The van der Waals surface area contributed by atoms with Crippen LogP contribution in [0, 0.1) is 5.82 Å². The highest BCUT2D eigenvalue weighted by Gasteiger charge is 2.26. The molecular weight excluding hydrogens is 385 g/mol. The molecule has 2 amide bonds. The van der Waals surface area contributed by atoms with Crippen molar-refractivity contribution in [2.75, 3.05) is 25.1 Å². The van der Waals surface area contributed by atoms with Crippen molar-refractivity contribution in [3.63, 3.8) is 0 Å². The van der Waals surface area contributed by atoms with Gasteiger partial charge in [0.05, 0.1) is 7.11 Å². The number of benzene rings is 2. The molecule has 6 nitrogen and oxygen atoms in total. The average Bonchev–Trinajstić information content (AvgIpc) is 2.73. The van der Waals surface area contributed by atoms with Crippen LogP contribution < -0.4 is 20.3 Å². The molecule has 2 atom stereocenters. The van der Waals surface area contributed by atoms with Gasteiger partial charge in [0.2, 0.25) is 11.8 Å². The maximum atomic E-state index is 13.6. The lowest BCUT2D eigenvalue weighted by Gasteiger charge is -2.35. The van der Waals surface area contributed by atoms with E-state index in [9.17, 15) is 14.0 Å². The minimum Gasteiger partial charge on any atom is -0.497 e. The number of hydrogen-bond donors (Lipinski definition) is 2. The Bertz CT molecular complexity index is 890. The van der Waals surface area contributed by atoms with Gasteiger partial charge in [-0.2, -0.15) is 0 Å². The summed E-state index contributed by atoms with van der Waals surface area (Å²) in [6.07, 6.45) is 2.09. The quantitative estimate of drug-likeness (QED) is 0.732. The van der Waals surface area contributed by atoms with Gasteiger partial charge in [-0.1, -0.05) is 18.2 Å². The van der Waals surface area contributed by atoms with Crippen LogP contribution >= 0.6 is 0 Å². The number of ether oxygens (including phenoxy) is 1. The van der Waals surface area contributed by atoms with Crippen LogP contribution in [0.3, 0.4) is 0 Å². The number of halogens is 1. The van der Waals surface area contributed by atoms with E-state index in [1.807, 2.05) is 30.3 Å². The highest BCUT2D eigenvalue weighted by Crippen LogP contribution is 2.21. The number of anilines is 1. The van der Waals surface area contributed by atoms with Gasteiger partial charge in [0, 0.05) is 38.2 Å². The molecule has 0 radical (unpaired) electrons. The normalized spacial score (nSPS) is 17.2. The van der Waals surface area contributed by atoms with Crippen molar-refractivity contribution in [1.82, 2.24) is 10.6 Å². The van der Waals surface area contributed by atoms with Crippen molar-refractivity contribution in [3.8, 4) is 5.75 Å². The van der Waals surface area contributed by atoms with Crippen molar-refractivity contribution < 1.29 is 18.7 Å². The first-order valence-corrected chi connectivity index (χ1v) is 10.2. The number of nitrogens with zero attached hydrogens (tertiary/aromatic N) is 1. The van der Waals surface area contributed by atoms with E-state index in [1.165, 1.54) is 19.1 Å². The Balaban J connectivity index is 1.66. The maximum Gasteiger partial charge on any atom is 0.243 e. The Kier molecular flexibility index (Phi) is 7.27. The second-order valence-electron chi connectivity index (χ2n) is 7.58. The third-order valence-corrected chi connectivity index (χ3v) is 5.21. The summed E-state index contributed by atoms with van der Waals surface area (Å²) in [7, 11) is 1.59. The molecule has 0 aliphatic carbocycles. The molecule has 1 saturated heterocycles. The maximum absolute atomic E-state index is 13.6. The zero-order valence-electron chi connectivity index (χ0n) is 17.4. The molecule has 7 heteroatoms. The summed E-state index contributed by atoms with van der Waals surface area (Å²) < 4.78 is 18.8. The Hall–Kier alpha value is -3.09. The van der Waals surface area contributed by atoms with Gasteiger partial charge < -0.3 is 20.3 Å². The topological polar surface area (TPSA) is 70.7 Å². The van der Waals surface area contributed by atoms with Crippen LogP contribution in [-0.4, -0.2) is 44.1 Å². The number of piperidine rings is 1. The Labute approximate surface area is 176 Å². The minimum atomic E-state index is -0.681. The minimum absolute atomic E-state index is 0.0731. The van der Waals surface area contributed by atoms with Crippen LogP contribution in [0.1, 0.15) is 25.3 Å². The smallest absolute Gasteiger partial charge is 0.243 e. The van der Waals surface area contributed by atoms with Gasteiger partial charge in [-0.15, -0.1) is 0 Å². The van der Waals surface area contributed by atoms with Gasteiger partial charge in [0.15, 0.2) is 0 Å². The molecule has 0 bridgehead atoms. The standard InChI is InChI=1S/C23H28FN3O3/c1-16(28)25-22(13-17-6-3-10-21(12-17)30-2)23(29)26-19-8-5-11-27(15-19)20-9-4-7-18(24)14-20/h3-4,6-7,9-10,12,14,19,22H,5,8,11,13,15H2,1-2H3,(H,25,28)(H,26,29). The zero-order chi connectivity index (χ0) is 21.5. The van der Waals surface area contributed by atoms with Gasteiger partial charge in [-0.05, 0) is 48.7 Å². The number of carbonyl (C=O) groups excluding carboxylic acids is 2. The van der Waals surface area contributed by atoms with Crippen LogP contribution in [0.15, 0.2) is 48.5 Å². The fourth-order valence-corrected chi connectivity index (χ4v) is 3.79. The molecule has 30 heavy (non-hydrogen) atoms. The van der Waals surface area contributed by atoms with E-state index in [-0.39, 0.29) is 23.7 Å². The van der Waals surface area contributed by atoms with Crippen molar-refractivity contribution in [1.29, 1.82) is 0 Å². The predicted octanol–water partition coefficient (Wildman–Crippen LogP) is 2.67. The molecule has 2 aromatic carbocycles. The van der Waals surface area contributed by atoms with Crippen LogP contribution in [0.4, 0.5) is 10.1 Å². The monoisotopic (exact) mass is 413 g/mol. The van der Waals surface area contributed by atoms with E-state index in [0.29, 0.717) is 18.7 Å². The molecule has 1 aliphatic rings. The fraction of sp³-hybridized carbons (Fsp3) is 0.391. The van der Waals surface area contributed by atoms with E-state index in [2.05, 4.69) is 15.5 Å². The number of nitrogens with one attached hydrogen (secondary N) is 2. The number of methoxy groups -OCH3 is 1. The number of hydrogen-bond acceptors (Lipinski definition) is 4. The summed E-state index contributed by atoms with van der Waals surface area (Å²) in [5.41, 5.74) is 1.71. The molecule has 160 valence electrons. The van der Waals surface area contributed by atoms with E-state index in [0.717, 1.165) is 30.6 Å². The lowest BCUT2D eigenvalue weighted by molar-refractivity contribution is -0.128. The Morgan fingerprint density at radius 1 is 1.23 bits per heavy atom. The second kappa shape index (κ2) is 10.1. The summed E-state index contributed by atoms with van der Waals surface area (Å²) in [6.45, 7) is 2.81. The van der Waals surface area contributed by atoms with Crippen LogP contribution in [0.25, 0.3) is 0 Å². The molecule has 1 heterocycles. The molecule has 2 N–H and O–H groups in total. The van der Waals surface area contributed by atoms with Gasteiger partial charge in [0.1, 0.15) is 17.6 Å². The summed E-state index contributed by atoms with van der Waals surface area (Å²) in [5.74, 6) is -0.0580. The van der Waals surface area contributed by atoms with Crippen LogP contribution in [-0.2, 0) is 16.0 Å². The Morgan fingerprint density at radius 2 is 2.03 bits per heavy atom. The third-order valence-electron chi connectivity index (χ3n) is 5.21. The predicted molar refractivity (Wildman–Crippen MR) is 114 cm³/mol. The van der Waals surface area contributed by atoms with Crippen molar-refractivity contribution in [3.05, 3.63) is 59.9 Å². The lowest BCUT2D eigenvalue weighted by Crippen LogP contribution is -2.54. The van der Waals surface area contributed by atoms with E-state index < -0.39 is 6.04 Å². The molecule has 3 rings (SSSR count). The largest absolute Gasteiger partial charge is 0.497 e. The van der Waals surface area contributed by atoms with Gasteiger partial charge in [-0.25, -0.2) is 4.39 Å². The van der Waals surface area contributed by atoms with E-state index in [1.54, 1.807) is 13.2 Å². The first-order valence-electron chi connectivity index (χ1n) is 10.2. The molecule has 1 fully saturated rings. The molecule has 2 unspecified atom stereocenters.